The summed E-state index contributed by atoms with van der Waals surface area (Å²) in [7, 11) is -2.42. The molecule has 15 nitrogen and oxygen atoms in total. The Labute approximate surface area is 374 Å². The van der Waals surface area contributed by atoms with E-state index < -0.39 is 86.1 Å². The van der Waals surface area contributed by atoms with E-state index in [2.05, 4.69) is 22.3 Å². The number of nitrogens with one attached hydrogen (secondary N) is 3. The average molecular weight is 906 g/mol. The van der Waals surface area contributed by atoms with Gasteiger partial charge in [0.05, 0.1) is 30.7 Å². The third kappa shape index (κ3) is 10.6. The molecule has 2 aliphatic heterocycles. The van der Waals surface area contributed by atoms with Crippen LogP contribution in [0.3, 0.4) is 0 Å². The Kier molecular flexibility index (Phi) is 13.2. The first-order valence-electron chi connectivity index (χ1n) is 22.1. The van der Waals surface area contributed by atoms with Gasteiger partial charge < -0.3 is 34.5 Å². The van der Waals surface area contributed by atoms with E-state index in [1.807, 2.05) is 19.1 Å². The molecule has 0 radical (unpaired) electrons. The minimum Gasteiger partial charge on any atom is -0.497 e. The molecule has 3 heterocycles. The van der Waals surface area contributed by atoms with Gasteiger partial charge in [-0.3, -0.25) is 19.1 Å². The lowest BCUT2D eigenvalue weighted by molar-refractivity contribution is -0.142. The van der Waals surface area contributed by atoms with Gasteiger partial charge in [-0.25, -0.2) is 22.6 Å². The maximum absolute atomic E-state index is 15.3. The minimum absolute atomic E-state index is 0.0560. The largest absolute Gasteiger partial charge is 0.497 e. The number of fused-ring (bicyclic) bond motifs is 3. The zero-order valence-corrected chi connectivity index (χ0v) is 38.6. The molecule has 1 unspecified atom stereocenters. The number of hydrogen-bond donors (Lipinski definition) is 3. The van der Waals surface area contributed by atoms with Gasteiger partial charge in [-0.15, -0.1) is 0 Å². The van der Waals surface area contributed by atoms with Crippen LogP contribution in [0.1, 0.15) is 93.4 Å². The molecule has 2 aromatic carbocycles. The lowest BCUT2D eigenvalue weighted by Crippen LogP contribution is -2.59. The van der Waals surface area contributed by atoms with Crippen LogP contribution in [-0.4, -0.2) is 96.5 Å². The van der Waals surface area contributed by atoms with Gasteiger partial charge in [-0.1, -0.05) is 26.0 Å². The summed E-state index contributed by atoms with van der Waals surface area (Å²) in [6.07, 6.45) is 4.83. The van der Waals surface area contributed by atoms with E-state index >= 15 is 9.18 Å². The number of benzene rings is 2. The van der Waals surface area contributed by atoms with Crippen molar-refractivity contribution < 1.29 is 50.9 Å². The number of rotatable bonds is 10. The van der Waals surface area contributed by atoms with E-state index in [0.717, 1.165) is 6.42 Å². The summed E-state index contributed by atoms with van der Waals surface area (Å²) in [4.78, 5) is 63.3. The summed E-state index contributed by atoms with van der Waals surface area (Å²) in [5.74, 6) is -2.62. The van der Waals surface area contributed by atoms with Crippen molar-refractivity contribution in [2.45, 2.75) is 134 Å². The SMILES string of the molecule is COc1ccc2c(O[C@@H]3C[C@H]4C(=O)N[C@]5(C(=O)NS(=O)(=O)C6CC6)CC5/C=C\CC[C@H](C)C[C@@H](C)[C@H](NC(=O)OC(C)(C)C)C(=O)N4C3)nc(-c3ccc(OC(C)C)c(F)c3)cc2c1. The van der Waals surface area contributed by atoms with Crippen molar-refractivity contribution in [3.63, 3.8) is 0 Å². The van der Waals surface area contributed by atoms with Crippen molar-refractivity contribution >= 4 is 44.6 Å². The molecule has 1 saturated heterocycles. The van der Waals surface area contributed by atoms with Crippen LogP contribution in [0.2, 0.25) is 0 Å². The molecular formula is C47H60FN5O10S. The highest BCUT2D eigenvalue weighted by molar-refractivity contribution is 7.91. The van der Waals surface area contributed by atoms with Crippen molar-refractivity contribution in [2.75, 3.05) is 13.7 Å². The highest BCUT2D eigenvalue weighted by Crippen LogP contribution is 2.46. The van der Waals surface area contributed by atoms with Gasteiger partial charge in [0.15, 0.2) is 11.6 Å². The van der Waals surface area contributed by atoms with Gasteiger partial charge in [0.25, 0.3) is 5.91 Å². The smallest absolute Gasteiger partial charge is 0.408 e. The fourth-order valence-electron chi connectivity index (χ4n) is 8.67. The second-order valence-electron chi connectivity index (χ2n) is 19.1. The average Bonchev–Trinajstić information content (AvgIpc) is 4.14. The van der Waals surface area contributed by atoms with Crippen molar-refractivity contribution in [3.05, 3.63) is 60.4 Å². The normalized spacial score (nSPS) is 27.0. The van der Waals surface area contributed by atoms with Gasteiger partial charge in [0, 0.05) is 23.3 Å². The first kappa shape index (κ1) is 46.5. The highest BCUT2D eigenvalue weighted by Gasteiger charge is 2.62. The third-order valence-corrected chi connectivity index (χ3v) is 14.0. The third-order valence-electron chi connectivity index (χ3n) is 12.2. The first-order chi connectivity index (χ1) is 30.2. The molecule has 2 saturated carbocycles. The van der Waals surface area contributed by atoms with Crippen LogP contribution in [0.5, 0.6) is 17.4 Å². The van der Waals surface area contributed by atoms with E-state index in [0.29, 0.717) is 53.5 Å². The summed E-state index contributed by atoms with van der Waals surface area (Å²) in [5.41, 5.74) is -1.63. The zero-order chi connectivity index (χ0) is 46.3. The van der Waals surface area contributed by atoms with E-state index in [9.17, 15) is 22.8 Å². The summed E-state index contributed by atoms with van der Waals surface area (Å²) >= 11 is 0. The number of allylic oxidation sites excluding steroid dienone is 1. The van der Waals surface area contributed by atoms with Crippen molar-refractivity contribution in [2.24, 2.45) is 17.8 Å². The molecular weight excluding hydrogens is 846 g/mol. The Bertz CT molecular complexity index is 2440. The van der Waals surface area contributed by atoms with Crippen LogP contribution in [0.4, 0.5) is 9.18 Å². The van der Waals surface area contributed by atoms with E-state index in [4.69, 9.17) is 23.9 Å². The molecule has 3 aromatic rings. The fourth-order valence-corrected chi connectivity index (χ4v) is 10.0. The second-order valence-corrected chi connectivity index (χ2v) is 21.0. The van der Waals surface area contributed by atoms with Crippen LogP contribution in [0, 0.1) is 23.6 Å². The Hall–Kier alpha value is -5.45. The molecule has 0 bridgehead atoms. The maximum Gasteiger partial charge on any atom is 0.408 e. The number of hydrogen-bond acceptors (Lipinski definition) is 11. The molecule has 3 fully saturated rings. The number of pyridine rings is 1. The number of halogens is 1. The zero-order valence-electron chi connectivity index (χ0n) is 37.7. The van der Waals surface area contributed by atoms with Gasteiger partial charge >= 0.3 is 6.09 Å². The molecule has 1 aromatic heterocycles. The molecule has 64 heavy (non-hydrogen) atoms. The number of carbonyl (C=O) groups excluding carboxylic acids is 4. The predicted octanol–water partition coefficient (Wildman–Crippen LogP) is 6.57. The van der Waals surface area contributed by atoms with Crippen molar-refractivity contribution in [1.82, 2.24) is 25.2 Å². The molecule has 3 N–H and O–H groups in total. The number of methoxy groups -OCH3 is 1. The Balaban J connectivity index is 1.26. The monoisotopic (exact) mass is 905 g/mol. The Morgan fingerprint density at radius 1 is 1.03 bits per heavy atom. The van der Waals surface area contributed by atoms with Crippen LogP contribution in [-0.2, 0) is 29.1 Å². The van der Waals surface area contributed by atoms with E-state index in [1.165, 1.54) is 24.1 Å². The van der Waals surface area contributed by atoms with Crippen LogP contribution in [0.25, 0.3) is 22.0 Å². The van der Waals surface area contributed by atoms with Crippen molar-refractivity contribution in [1.29, 1.82) is 0 Å². The molecule has 2 aliphatic carbocycles. The standard InChI is InChI=1S/C47H60FN5O10S/c1-26(2)61-39-18-13-29(21-36(39)48)37-22-30-20-32(60-8)14-17-35(30)42(49-37)62-33-23-38-41(54)51-47(44(56)52-64(58,59)34-15-16-34)24-31(47)12-10-9-11-27(3)19-28(4)40(43(55)53(38)25-33)50-45(57)63-46(5,6)7/h10,12-14,17-18,20-22,26-28,31,33-34,38,40H,9,11,15-16,19,23-25H2,1-8H3,(H,50,57)(H,51,54)(H,52,56)/b12-10-/t27-,28+,31?,33+,38-,40-,47+/m0/s1. The highest BCUT2D eigenvalue weighted by atomic mass is 32.2. The number of amides is 4. The molecule has 4 amide bonds. The number of nitrogens with zero attached hydrogens (tertiary/aromatic N) is 2. The summed E-state index contributed by atoms with van der Waals surface area (Å²) in [5, 5.41) is 6.28. The predicted molar refractivity (Wildman–Crippen MR) is 238 cm³/mol. The molecule has 7 atom stereocenters. The topological polar surface area (TPSA) is 192 Å². The Morgan fingerprint density at radius 2 is 1.78 bits per heavy atom. The van der Waals surface area contributed by atoms with Crippen LogP contribution >= 0.6 is 0 Å². The number of carbonyl (C=O) groups is 4. The number of ether oxygens (including phenoxy) is 4. The number of aromatic nitrogens is 1. The van der Waals surface area contributed by atoms with Gasteiger partial charge in [0.1, 0.15) is 35.1 Å². The van der Waals surface area contributed by atoms with Crippen LogP contribution < -0.4 is 29.6 Å². The van der Waals surface area contributed by atoms with Gasteiger partial charge in [-0.05, 0) is 133 Å². The number of alkyl carbamates (subject to hydrolysis) is 1. The van der Waals surface area contributed by atoms with Crippen LogP contribution in [0.15, 0.2) is 54.6 Å². The molecule has 4 aliphatic rings. The van der Waals surface area contributed by atoms with Gasteiger partial charge in [0.2, 0.25) is 27.7 Å². The number of sulfonamides is 1. The lowest BCUT2D eigenvalue weighted by atomic mass is 9.88. The van der Waals surface area contributed by atoms with E-state index in [-0.39, 0.29) is 43.0 Å². The lowest BCUT2D eigenvalue weighted by Gasteiger charge is -2.33. The summed E-state index contributed by atoms with van der Waals surface area (Å²) < 4.78 is 67.0. The van der Waals surface area contributed by atoms with Gasteiger partial charge in [-0.2, -0.15) is 0 Å². The fraction of sp³-hybridized carbons (Fsp3) is 0.553. The summed E-state index contributed by atoms with van der Waals surface area (Å²) in [6, 6.07) is 9.30. The maximum atomic E-state index is 15.3. The molecule has 0 spiro atoms. The van der Waals surface area contributed by atoms with E-state index in [1.54, 1.807) is 65.0 Å². The molecule has 346 valence electrons. The molecule has 7 rings (SSSR count). The summed E-state index contributed by atoms with van der Waals surface area (Å²) in [6.45, 7) is 12.6. The van der Waals surface area contributed by atoms with Crippen molar-refractivity contribution in [3.8, 4) is 28.6 Å². The Morgan fingerprint density at radius 3 is 2.45 bits per heavy atom. The second kappa shape index (κ2) is 18.2. The minimum atomic E-state index is -3.95. The quantitative estimate of drug-likeness (QED) is 0.187. The first-order valence-corrected chi connectivity index (χ1v) is 23.7. The molecule has 17 heteroatoms.